The Hall–Kier alpha value is -2.18. The average Bonchev–Trinajstić information content (AvgIpc) is 3.12. The van der Waals surface area contributed by atoms with E-state index in [0.29, 0.717) is 11.5 Å². The zero-order chi connectivity index (χ0) is 14.7. The Morgan fingerprint density at radius 3 is 2.95 bits per heavy atom. The van der Waals surface area contributed by atoms with Crippen molar-refractivity contribution in [2.75, 3.05) is 11.9 Å². The Bertz CT molecular complexity index is 633. The summed E-state index contributed by atoms with van der Waals surface area (Å²) in [7, 11) is 0. The molecule has 2 heterocycles. The average molecular weight is 289 g/mol. The molecule has 0 saturated heterocycles. The van der Waals surface area contributed by atoms with Crippen LogP contribution in [0.1, 0.15) is 38.5 Å². The number of hydrogen-bond acceptors (Lipinski definition) is 5. The predicted molar refractivity (Wildman–Crippen MR) is 79.3 cm³/mol. The summed E-state index contributed by atoms with van der Waals surface area (Å²) in [5, 5.41) is 18.3. The summed E-state index contributed by atoms with van der Waals surface area (Å²) in [6.07, 6.45) is 9.07. The maximum absolute atomic E-state index is 10.9. The maximum Gasteiger partial charge on any atom is 0.368 e. The highest BCUT2D eigenvalue weighted by Crippen LogP contribution is 2.28. The molecule has 21 heavy (non-hydrogen) atoms. The van der Waals surface area contributed by atoms with Crippen LogP contribution in [0.3, 0.4) is 0 Å². The zero-order valence-electron chi connectivity index (χ0n) is 11.9. The molecular weight excluding hydrogens is 270 g/mol. The quantitative estimate of drug-likeness (QED) is 0.502. The van der Waals surface area contributed by atoms with Crippen LogP contribution in [0.25, 0.3) is 5.65 Å². The Balaban J connectivity index is 1.58. The highest BCUT2D eigenvalue weighted by Gasteiger charge is 2.16. The molecule has 1 N–H and O–H groups in total. The lowest BCUT2D eigenvalue weighted by molar-refractivity contribution is -0.391. The topological polar surface area (TPSA) is 85.4 Å². The molecule has 3 rings (SSSR count). The molecule has 0 spiro atoms. The molecule has 1 aliphatic carbocycles. The maximum atomic E-state index is 10.9. The third-order valence-electron chi connectivity index (χ3n) is 4.10. The van der Waals surface area contributed by atoms with Gasteiger partial charge in [-0.05, 0) is 29.7 Å². The fraction of sp³-hybridized carbons (Fsp3) is 0.571. The molecule has 2 aromatic heterocycles. The van der Waals surface area contributed by atoms with Gasteiger partial charge in [0.05, 0.1) is 0 Å². The fourth-order valence-electron chi connectivity index (χ4n) is 2.99. The van der Waals surface area contributed by atoms with Gasteiger partial charge in [-0.2, -0.15) is 0 Å². The molecule has 7 heteroatoms. The Morgan fingerprint density at radius 1 is 1.38 bits per heavy atom. The first kappa shape index (κ1) is 13.8. The van der Waals surface area contributed by atoms with Crippen LogP contribution in [0, 0.1) is 16.0 Å². The molecule has 1 aliphatic rings. The van der Waals surface area contributed by atoms with Crippen LogP contribution in [-0.2, 0) is 0 Å². The number of nitro groups is 1. The van der Waals surface area contributed by atoms with Gasteiger partial charge in [0.1, 0.15) is 6.20 Å². The van der Waals surface area contributed by atoms with Crippen molar-refractivity contribution in [2.24, 2.45) is 5.92 Å². The van der Waals surface area contributed by atoms with Gasteiger partial charge in [0.2, 0.25) is 5.65 Å². The second-order valence-electron chi connectivity index (χ2n) is 5.58. The van der Waals surface area contributed by atoms with E-state index in [2.05, 4.69) is 15.4 Å². The molecule has 1 saturated carbocycles. The lowest BCUT2D eigenvalue weighted by Crippen LogP contribution is -2.08. The van der Waals surface area contributed by atoms with Gasteiger partial charge in [-0.3, -0.25) is 0 Å². The molecule has 0 amide bonds. The van der Waals surface area contributed by atoms with Crippen molar-refractivity contribution >= 4 is 17.3 Å². The molecule has 0 bridgehead atoms. The van der Waals surface area contributed by atoms with Crippen LogP contribution in [0.15, 0.2) is 18.3 Å². The third kappa shape index (κ3) is 3.12. The van der Waals surface area contributed by atoms with Crippen molar-refractivity contribution in [2.45, 2.75) is 38.5 Å². The van der Waals surface area contributed by atoms with Crippen LogP contribution in [0.4, 0.5) is 11.6 Å². The van der Waals surface area contributed by atoms with E-state index in [0.717, 1.165) is 18.9 Å². The molecule has 2 aromatic rings. The summed E-state index contributed by atoms with van der Waals surface area (Å²) in [5.74, 6) is 1.42. The van der Waals surface area contributed by atoms with E-state index in [1.165, 1.54) is 42.8 Å². The van der Waals surface area contributed by atoms with Crippen LogP contribution < -0.4 is 5.32 Å². The molecule has 112 valence electrons. The van der Waals surface area contributed by atoms with Gasteiger partial charge < -0.3 is 15.4 Å². The number of fused-ring (bicyclic) bond motifs is 1. The van der Waals surface area contributed by atoms with E-state index < -0.39 is 4.92 Å². The van der Waals surface area contributed by atoms with E-state index in [-0.39, 0.29) is 5.82 Å². The van der Waals surface area contributed by atoms with Crippen molar-refractivity contribution in [3.05, 3.63) is 28.4 Å². The second kappa shape index (κ2) is 6.07. The number of aromatic nitrogens is 3. The van der Waals surface area contributed by atoms with E-state index in [1.54, 1.807) is 6.07 Å². The number of hydrogen-bond donors (Lipinski definition) is 1. The molecular formula is C14H19N5O2. The van der Waals surface area contributed by atoms with E-state index in [4.69, 9.17) is 0 Å². The SMILES string of the molecule is O=[N+]([O-])c1cnc2ccc(NCCCC3CCCC3)nn12. The highest BCUT2D eigenvalue weighted by molar-refractivity contribution is 5.48. The van der Waals surface area contributed by atoms with Gasteiger partial charge in [0.15, 0.2) is 5.82 Å². The molecule has 0 atom stereocenters. The van der Waals surface area contributed by atoms with Crippen molar-refractivity contribution in [3.63, 3.8) is 0 Å². The van der Waals surface area contributed by atoms with Crippen molar-refractivity contribution in [1.82, 2.24) is 14.6 Å². The van der Waals surface area contributed by atoms with E-state index >= 15 is 0 Å². The van der Waals surface area contributed by atoms with Gasteiger partial charge in [-0.25, -0.2) is 4.98 Å². The molecule has 0 unspecified atom stereocenters. The molecule has 0 aliphatic heterocycles. The summed E-state index contributed by atoms with van der Waals surface area (Å²) >= 11 is 0. The van der Waals surface area contributed by atoms with E-state index in [1.807, 2.05) is 6.07 Å². The lowest BCUT2D eigenvalue weighted by atomic mass is 10.0. The van der Waals surface area contributed by atoms with Gasteiger partial charge in [0, 0.05) is 12.6 Å². The van der Waals surface area contributed by atoms with Crippen molar-refractivity contribution in [1.29, 1.82) is 0 Å². The summed E-state index contributed by atoms with van der Waals surface area (Å²) in [5.41, 5.74) is 0.484. The largest absolute Gasteiger partial charge is 0.368 e. The summed E-state index contributed by atoms with van der Waals surface area (Å²) in [6, 6.07) is 3.54. The number of nitrogens with zero attached hydrogens (tertiary/aromatic N) is 4. The van der Waals surface area contributed by atoms with Crippen molar-refractivity contribution < 1.29 is 4.92 Å². The zero-order valence-corrected chi connectivity index (χ0v) is 11.9. The van der Waals surface area contributed by atoms with Crippen LogP contribution in [-0.4, -0.2) is 26.1 Å². The number of imidazole rings is 1. The number of nitrogens with one attached hydrogen (secondary N) is 1. The Labute approximate surface area is 122 Å². The molecule has 7 nitrogen and oxygen atoms in total. The lowest BCUT2D eigenvalue weighted by Gasteiger charge is -2.09. The summed E-state index contributed by atoms with van der Waals surface area (Å²) in [6.45, 7) is 0.845. The first-order valence-electron chi connectivity index (χ1n) is 7.47. The van der Waals surface area contributed by atoms with Crippen LogP contribution in [0.2, 0.25) is 0 Å². The summed E-state index contributed by atoms with van der Waals surface area (Å²) < 4.78 is 1.26. The standard InChI is InChI=1S/C14H19N5O2/c20-19(21)14-10-16-13-8-7-12(17-18(13)14)15-9-3-6-11-4-1-2-5-11/h7-8,10-11H,1-6,9H2,(H,15,17). The molecule has 0 radical (unpaired) electrons. The fourth-order valence-corrected chi connectivity index (χ4v) is 2.99. The van der Waals surface area contributed by atoms with Gasteiger partial charge >= 0.3 is 5.82 Å². The minimum Gasteiger partial charge on any atom is -0.367 e. The second-order valence-corrected chi connectivity index (χ2v) is 5.58. The number of rotatable bonds is 6. The predicted octanol–water partition coefficient (Wildman–Crippen LogP) is 3.02. The van der Waals surface area contributed by atoms with Gasteiger partial charge in [0.25, 0.3) is 0 Å². The minimum atomic E-state index is -0.475. The first-order valence-corrected chi connectivity index (χ1v) is 7.47. The molecule has 0 aromatic carbocycles. The smallest absolute Gasteiger partial charge is 0.367 e. The van der Waals surface area contributed by atoms with Gasteiger partial charge in [-0.1, -0.05) is 35.3 Å². The summed E-state index contributed by atoms with van der Waals surface area (Å²) in [4.78, 5) is 14.4. The third-order valence-corrected chi connectivity index (χ3v) is 4.10. The number of anilines is 1. The van der Waals surface area contributed by atoms with Crippen molar-refractivity contribution in [3.8, 4) is 0 Å². The highest BCUT2D eigenvalue weighted by atomic mass is 16.6. The normalized spacial score (nSPS) is 15.6. The Morgan fingerprint density at radius 2 is 2.19 bits per heavy atom. The van der Waals surface area contributed by atoms with Crippen LogP contribution >= 0.6 is 0 Å². The van der Waals surface area contributed by atoms with E-state index in [9.17, 15) is 10.1 Å². The minimum absolute atomic E-state index is 0.111. The first-order chi connectivity index (χ1) is 10.2. The monoisotopic (exact) mass is 289 g/mol. The van der Waals surface area contributed by atoms with Crippen LogP contribution in [0.5, 0.6) is 0 Å². The Kier molecular flexibility index (Phi) is 3.98. The van der Waals surface area contributed by atoms with Gasteiger partial charge in [-0.15, -0.1) is 0 Å². The molecule has 1 fully saturated rings.